The monoisotopic (exact) mass is 275 g/mol. The van der Waals surface area contributed by atoms with Gasteiger partial charge in [-0.05, 0) is 25.1 Å². The lowest BCUT2D eigenvalue weighted by atomic mass is 10.2. The van der Waals surface area contributed by atoms with E-state index in [0.717, 1.165) is 6.42 Å². The summed E-state index contributed by atoms with van der Waals surface area (Å²) in [5, 5.41) is 0. The summed E-state index contributed by atoms with van der Waals surface area (Å²) in [6.45, 7) is 1.08. The molecule has 17 heavy (non-hydrogen) atoms. The molecule has 2 rings (SSSR count). The van der Waals surface area contributed by atoms with Crippen molar-refractivity contribution in [3.63, 3.8) is 0 Å². The summed E-state index contributed by atoms with van der Waals surface area (Å²) in [7, 11) is -3.40. The Hall–Kier alpha value is -1.11. The Morgan fingerprint density at radius 3 is 2.71 bits per heavy atom. The molecule has 1 heterocycles. The number of fused-ring (bicyclic) bond motifs is 1. The molecule has 3 N–H and O–H groups in total. The summed E-state index contributed by atoms with van der Waals surface area (Å²) in [6, 6.07) is 6.80. The molecule has 0 bridgehead atoms. The number of nitrogens with two attached hydrogens (primary N) is 1. The Morgan fingerprint density at radius 2 is 2.00 bits per heavy atom. The van der Waals surface area contributed by atoms with Crippen molar-refractivity contribution >= 4 is 28.3 Å². The molecular formula is C10H14ClN3O2S. The van der Waals surface area contributed by atoms with Crippen LogP contribution in [-0.4, -0.2) is 27.3 Å². The summed E-state index contributed by atoms with van der Waals surface area (Å²) in [6.07, 6.45) is 0.743. The zero-order valence-corrected chi connectivity index (χ0v) is 10.7. The van der Waals surface area contributed by atoms with Crippen LogP contribution in [-0.2, 0) is 10.0 Å². The van der Waals surface area contributed by atoms with Crippen LogP contribution < -0.4 is 10.5 Å². The van der Waals surface area contributed by atoms with E-state index in [1.54, 1.807) is 24.3 Å². The summed E-state index contributed by atoms with van der Waals surface area (Å²) in [4.78, 5) is 4.49. The highest BCUT2D eigenvalue weighted by Gasteiger charge is 2.29. The van der Waals surface area contributed by atoms with Crippen LogP contribution in [0, 0.1) is 0 Å². The molecule has 1 aliphatic heterocycles. The minimum Gasteiger partial charge on any atom is -0.330 e. The molecule has 0 saturated heterocycles. The number of hydrogen-bond acceptors (Lipinski definition) is 4. The second-order valence-corrected chi connectivity index (χ2v) is 5.13. The summed E-state index contributed by atoms with van der Waals surface area (Å²) in [5.41, 5.74) is 5.99. The fourth-order valence-electron chi connectivity index (χ4n) is 1.53. The van der Waals surface area contributed by atoms with Crippen molar-refractivity contribution in [2.75, 3.05) is 13.1 Å². The van der Waals surface area contributed by atoms with Crippen molar-refractivity contribution in [3.05, 3.63) is 29.8 Å². The van der Waals surface area contributed by atoms with Crippen LogP contribution in [0.4, 0.5) is 0 Å². The van der Waals surface area contributed by atoms with Crippen LogP contribution in [0.1, 0.15) is 12.0 Å². The van der Waals surface area contributed by atoms with Crippen molar-refractivity contribution in [1.29, 1.82) is 0 Å². The molecule has 94 valence electrons. The first-order valence-corrected chi connectivity index (χ1v) is 6.50. The van der Waals surface area contributed by atoms with Gasteiger partial charge in [-0.3, -0.25) is 9.71 Å². The zero-order chi connectivity index (χ0) is 11.6. The molecule has 0 atom stereocenters. The topological polar surface area (TPSA) is 84.5 Å². The lowest BCUT2D eigenvalue weighted by Gasteiger charge is -1.97. The molecule has 0 aliphatic carbocycles. The van der Waals surface area contributed by atoms with Gasteiger partial charge in [0, 0.05) is 12.1 Å². The molecule has 5 nitrogen and oxygen atoms in total. The maximum Gasteiger partial charge on any atom is 0.263 e. The van der Waals surface area contributed by atoms with Gasteiger partial charge in [-0.15, -0.1) is 12.4 Å². The highest BCUT2D eigenvalue weighted by molar-refractivity contribution is 7.90. The normalized spacial score (nSPS) is 18.3. The summed E-state index contributed by atoms with van der Waals surface area (Å²) < 4.78 is 25.8. The molecule has 1 aromatic rings. The van der Waals surface area contributed by atoms with E-state index in [9.17, 15) is 8.42 Å². The second-order valence-electron chi connectivity index (χ2n) is 3.47. The standard InChI is InChI=1S/C10H13N3O2S.ClH/c11-6-3-7-12-10-8-4-1-2-5-9(8)16(14,15)13-10;/h1-2,4-5H,3,6-7,11H2,(H,12,13);1H. The number of amidine groups is 1. The predicted octanol–water partition coefficient (Wildman–Crippen LogP) is 0.496. The lowest BCUT2D eigenvalue weighted by Crippen LogP contribution is -2.22. The Morgan fingerprint density at radius 1 is 1.29 bits per heavy atom. The number of nitrogens with zero attached hydrogens (tertiary/aromatic N) is 1. The molecule has 7 heteroatoms. The van der Waals surface area contributed by atoms with Crippen LogP contribution in [0.25, 0.3) is 0 Å². The first-order chi connectivity index (χ1) is 7.65. The fraction of sp³-hybridized carbons (Fsp3) is 0.300. The first kappa shape index (κ1) is 14.0. The minimum absolute atomic E-state index is 0. The molecular weight excluding hydrogens is 262 g/mol. The predicted molar refractivity (Wildman–Crippen MR) is 69.1 cm³/mol. The Labute approximate surface area is 107 Å². The van der Waals surface area contributed by atoms with Gasteiger partial charge in [0.1, 0.15) is 5.84 Å². The van der Waals surface area contributed by atoms with Crippen molar-refractivity contribution in [3.8, 4) is 0 Å². The Bertz CT molecular complexity index is 528. The molecule has 0 fully saturated rings. The van der Waals surface area contributed by atoms with E-state index in [-0.39, 0.29) is 12.4 Å². The fourth-order valence-corrected chi connectivity index (χ4v) is 2.78. The number of halogens is 1. The van der Waals surface area contributed by atoms with Crippen molar-refractivity contribution < 1.29 is 8.42 Å². The van der Waals surface area contributed by atoms with Gasteiger partial charge in [-0.1, -0.05) is 12.1 Å². The molecule has 0 saturated carbocycles. The molecule has 1 aliphatic rings. The molecule has 1 aromatic carbocycles. The zero-order valence-electron chi connectivity index (χ0n) is 9.09. The van der Waals surface area contributed by atoms with Gasteiger partial charge in [0.15, 0.2) is 0 Å². The first-order valence-electron chi connectivity index (χ1n) is 5.02. The highest BCUT2D eigenvalue weighted by Crippen LogP contribution is 2.21. The van der Waals surface area contributed by atoms with Crippen LogP contribution in [0.5, 0.6) is 0 Å². The van der Waals surface area contributed by atoms with Crippen molar-refractivity contribution in [1.82, 2.24) is 4.72 Å². The number of benzene rings is 1. The molecule has 0 radical (unpaired) electrons. The third-order valence-corrected chi connectivity index (χ3v) is 3.69. The van der Waals surface area contributed by atoms with Crippen LogP contribution in [0.15, 0.2) is 34.2 Å². The minimum atomic E-state index is -3.40. The van der Waals surface area contributed by atoms with E-state index >= 15 is 0 Å². The highest BCUT2D eigenvalue weighted by atomic mass is 35.5. The van der Waals surface area contributed by atoms with E-state index in [1.165, 1.54) is 0 Å². The van der Waals surface area contributed by atoms with Gasteiger partial charge in [0.25, 0.3) is 10.0 Å². The number of hydrogen-bond donors (Lipinski definition) is 2. The third-order valence-electron chi connectivity index (χ3n) is 2.29. The molecule has 0 spiro atoms. The van der Waals surface area contributed by atoms with Gasteiger partial charge in [-0.2, -0.15) is 0 Å². The number of rotatable bonds is 3. The average molecular weight is 276 g/mol. The van der Waals surface area contributed by atoms with Crippen molar-refractivity contribution in [2.45, 2.75) is 11.3 Å². The molecule has 0 aromatic heterocycles. The van der Waals surface area contributed by atoms with Gasteiger partial charge in [0.05, 0.1) is 4.90 Å². The summed E-state index contributed by atoms with van der Waals surface area (Å²) in [5.74, 6) is 0.420. The largest absolute Gasteiger partial charge is 0.330 e. The van der Waals surface area contributed by atoms with Crippen LogP contribution in [0.2, 0.25) is 0 Å². The van der Waals surface area contributed by atoms with Crippen LogP contribution >= 0.6 is 12.4 Å². The van der Waals surface area contributed by atoms with E-state index in [2.05, 4.69) is 9.71 Å². The van der Waals surface area contributed by atoms with Gasteiger partial charge in [0.2, 0.25) is 0 Å². The van der Waals surface area contributed by atoms with Gasteiger partial charge >= 0.3 is 0 Å². The van der Waals surface area contributed by atoms with Gasteiger partial charge < -0.3 is 5.73 Å². The summed E-state index contributed by atoms with van der Waals surface area (Å²) >= 11 is 0. The second kappa shape index (κ2) is 5.48. The van der Waals surface area contributed by atoms with E-state index < -0.39 is 10.0 Å². The van der Waals surface area contributed by atoms with E-state index in [1.807, 2.05) is 0 Å². The maximum atomic E-state index is 11.7. The quantitative estimate of drug-likeness (QED) is 0.788. The molecule has 0 amide bonds. The molecule has 0 unspecified atom stereocenters. The van der Waals surface area contributed by atoms with Gasteiger partial charge in [-0.25, -0.2) is 8.42 Å². The average Bonchev–Trinajstić information content (AvgIpc) is 2.52. The number of sulfonamides is 1. The van der Waals surface area contributed by atoms with Crippen molar-refractivity contribution in [2.24, 2.45) is 10.7 Å². The van der Waals surface area contributed by atoms with Crippen LogP contribution in [0.3, 0.4) is 0 Å². The smallest absolute Gasteiger partial charge is 0.263 e. The Kier molecular flexibility index (Phi) is 4.50. The maximum absolute atomic E-state index is 11.7. The Balaban J connectivity index is 0.00000144. The van der Waals surface area contributed by atoms with E-state index in [0.29, 0.717) is 29.4 Å². The van der Waals surface area contributed by atoms with E-state index in [4.69, 9.17) is 5.73 Å². The number of aliphatic imine (C=N–C) groups is 1. The SMILES string of the molecule is Cl.NCCCN=C1NS(=O)(=O)c2ccccc21. The lowest BCUT2D eigenvalue weighted by molar-refractivity contribution is 0.595. The number of nitrogens with one attached hydrogen (secondary N) is 1. The third kappa shape index (κ3) is 2.77.